The van der Waals surface area contributed by atoms with Gasteiger partial charge in [-0.2, -0.15) is 0 Å². The molecule has 0 unspecified atom stereocenters. The van der Waals surface area contributed by atoms with Gasteiger partial charge in [-0.3, -0.25) is 4.79 Å². The van der Waals surface area contributed by atoms with E-state index < -0.39 is 0 Å². The van der Waals surface area contributed by atoms with Crippen LogP contribution >= 0.6 is 33.9 Å². The van der Waals surface area contributed by atoms with Crippen LogP contribution < -0.4 is 11.1 Å². The Balaban J connectivity index is 1.32. The third-order valence-electron chi connectivity index (χ3n) is 5.13. The molecule has 5 rings (SSSR count). The van der Waals surface area contributed by atoms with Crippen LogP contribution in [0.1, 0.15) is 10.4 Å². The predicted octanol–water partition coefficient (Wildman–Crippen LogP) is 6.10. The molecule has 3 aromatic carbocycles. The molecule has 8 heteroatoms. The fourth-order valence-corrected chi connectivity index (χ4v) is 4.45. The second kappa shape index (κ2) is 9.16. The minimum absolute atomic E-state index is 0.223. The molecule has 33 heavy (non-hydrogen) atoms. The van der Waals surface area contributed by atoms with Gasteiger partial charge in [-0.25, -0.2) is 4.68 Å². The summed E-state index contributed by atoms with van der Waals surface area (Å²) in [7, 11) is 0. The molecule has 0 aliphatic heterocycles. The van der Waals surface area contributed by atoms with Gasteiger partial charge in [-0.05, 0) is 88.1 Å². The van der Waals surface area contributed by atoms with Crippen LogP contribution in [-0.4, -0.2) is 20.9 Å². The number of nitrogen functional groups attached to an aromatic ring is 1. The van der Waals surface area contributed by atoms with Gasteiger partial charge >= 0.3 is 0 Å². The van der Waals surface area contributed by atoms with Crippen LogP contribution in [0.4, 0.5) is 11.4 Å². The van der Waals surface area contributed by atoms with E-state index in [1.54, 1.807) is 28.2 Å². The van der Waals surface area contributed by atoms with E-state index in [1.807, 2.05) is 78.3 Å². The fourth-order valence-electron chi connectivity index (χ4n) is 3.36. The molecule has 2 aromatic heterocycles. The monoisotopic (exact) mass is 563 g/mol. The van der Waals surface area contributed by atoms with Crippen LogP contribution in [0.15, 0.2) is 90.4 Å². The van der Waals surface area contributed by atoms with Gasteiger partial charge in [-0.15, -0.1) is 16.4 Å². The van der Waals surface area contributed by atoms with Crippen molar-refractivity contribution in [2.75, 3.05) is 11.1 Å². The van der Waals surface area contributed by atoms with Gasteiger partial charge in [0.15, 0.2) is 0 Å². The molecule has 0 aliphatic carbocycles. The van der Waals surface area contributed by atoms with Crippen molar-refractivity contribution in [3.63, 3.8) is 0 Å². The van der Waals surface area contributed by atoms with Gasteiger partial charge in [0.05, 0.1) is 23.3 Å². The molecule has 162 valence electrons. The van der Waals surface area contributed by atoms with Crippen molar-refractivity contribution in [3.05, 3.63) is 99.6 Å². The van der Waals surface area contributed by atoms with E-state index in [0.717, 1.165) is 31.0 Å². The third-order valence-corrected chi connectivity index (χ3v) is 6.77. The van der Waals surface area contributed by atoms with Crippen LogP contribution in [0.2, 0.25) is 0 Å². The summed E-state index contributed by atoms with van der Waals surface area (Å²) in [6, 6.07) is 25.0. The van der Waals surface area contributed by atoms with Gasteiger partial charge in [-0.1, -0.05) is 29.5 Å². The largest absolute Gasteiger partial charge is 0.397 e. The molecule has 2 heterocycles. The second-order valence-electron chi connectivity index (χ2n) is 7.34. The van der Waals surface area contributed by atoms with Crippen LogP contribution in [0.3, 0.4) is 0 Å². The number of rotatable bonds is 5. The van der Waals surface area contributed by atoms with Crippen molar-refractivity contribution >= 4 is 51.2 Å². The maximum Gasteiger partial charge on any atom is 0.255 e. The van der Waals surface area contributed by atoms with Crippen molar-refractivity contribution in [1.82, 2.24) is 15.0 Å². The number of amides is 1. The zero-order valence-corrected chi connectivity index (χ0v) is 20.2. The Kier molecular flexibility index (Phi) is 5.93. The number of hydrogen-bond donors (Lipinski definition) is 2. The number of aromatic nitrogens is 3. The summed E-state index contributed by atoms with van der Waals surface area (Å²) in [5.41, 5.74) is 11.3. The van der Waals surface area contributed by atoms with Crippen molar-refractivity contribution in [3.8, 4) is 27.4 Å². The summed E-state index contributed by atoms with van der Waals surface area (Å²) < 4.78 is 2.89. The van der Waals surface area contributed by atoms with Gasteiger partial charge in [0, 0.05) is 19.6 Å². The second-order valence-corrected chi connectivity index (χ2v) is 9.53. The quantitative estimate of drug-likeness (QED) is 0.200. The van der Waals surface area contributed by atoms with Crippen molar-refractivity contribution in [2.24, 2.45) is 0 Å². The Morgan fingerprint density at radius 1 is 0.970 bits per heavy atom. The van der Waals surface area contributed by atoms with E-state index >= 15 is 0 Å². The van der Waals surface area contributed by atoms with Crippen LogP contribution in [-0.2, 0) is 0 Å². The molecule has 0 bridgehead atoms. The highest BCUT2D eigenvalue weighted by atomic mass is 127. The highest BCUT2D eigenvalue weighted by Gasteiger charge is 2.12. The summed E-state index contributed by atoms with van der Waals surface area (Å²) in [4.78, 5) is 14.0. The smallest absolute Gasteiger partial charge is 0.255 e. The molecular formula is C25H18IN5OS. The topological polar surface area (TPSA) is 85.8 Å². The van der Waals surface area contributed by atoms with Crippen LogP contribution in [0, 0.1) is 3.57 Å². The first kappa shape index (κ1) is 21.4. The van der Waals surface area contributed by atoms with E-state index in [4.69, 9.17) is 5.73 Å². The lowest BCUT2D eigenvalue weighted by molar-refractivity contribution is 0.102. The molecule has 0 saturated carbocycles. The maximum atomic E-state index is 12.8. The Morgan fingerprint density at radius 2 is 1.73 bits per heavy atom. The van der Waals surface area contributed by atoms with Gasteiger partial charge in [0.25, 0.3) is 5.91 Å². The molecule has 0 aliphatic rings. The number of carbonyl (C=O) groups is 1. The molecular weight excluding hydrogens is 545 g/mol. The lowest BCUT2D eigenvalue weighted by Gasteiger charge is -2.10. The lowest BCUT2D eigenvalue weighted by Crippen LogP contribution is -2.13. The van der Waals surface area contributed by atoms with Gasteiger partial charge in [0.2, 0.25) is 0 Å². The summed E-state index contributed by atoms with van der Waals surface area (Å²) >= 11 is 3.91. The number of anilines is 2. The average Bonchev–Trinajstić information content (AvgIpc) is 3.54. The van der Waals surface area contributed by atoms with Gasteiger partial charge < -0.3 is 11.1 Å². The first-order valence-electron chi connectivity index (χ1n) is 10.1. The normalized spacial score (nSPS) is 10.8. The number of thiophene rings is 1. The first-order chi connectivity index (χ1) is 16.1. The molecule has 1 amide bonds. The highest BCUT2D eigenvalue weighted by molar-refractivity contribution is 14.1. The van der Waals surface area contributed by atoms with E-state index in [-0.39, 0.29) is 5.91 Å². The van der Waals surface area contributed by atoms with Crippen LogP contribution in [0.25, 0.3) is 27.4 Å². The molecule has 3 N–H and O–H groups in total. The van der Waals surface area contributed by atoms with Crippen LogP contribution in [0.5, 0.6) is 0 Å². The molecule has 5 aromatic rings. The molecule has 6 nitrogen and oxygen atoms in total. The average molecular weight is 563 g/mol. The van der Waals surface area contributed by atoms with E-state index in [2.05, 4.69) is 38.2 Å². The first-order valence-corrected chi connectivity index (χ1v) is 12.1. The van der Waals surface area contributed by atoms with E-state index in [1.165, 1.54) is 0 Å². The minimum Gasteiger partial charge on any atom is -0.397 e. The molecule has 0 saturated heterocycles. The molecule has 0 spiro atoms. The van der Waals surface area contributed by atoms with E-state index in [9.17, 15) is 4.79 Å². The lowest BCUT2D eigenvalue weighted by atomic mass is 10.1. The Morgan fingerprint density at radius 3 is 2.45 bits per heavy atom. The summed E-state index contributed by atoms with van der Waals surface area (Å²) in [6.07, 6.45) is 1.87. The number of carbonyl (C=O) groups excluding carboxylic acids is 1. The summed E-state index contributed by atoms with van der Waals surface area (Å²) in [6.45, 7) is 0. The van der Waals surface area contributed by atoms with E-state index in [0.29, 0.717) is 16.9 Å². The zero-order valence-electron chi connectivity index (χ0n) is 17.3. The molecule has 0 atom stereocenters. The number of halogens is 1. The fraction of sp³-hybridized carbons (Fsp3) is 0. The molecule has 0 fully saturated rings. The summed E-state index contributed by atoms with van der Waals surface area (Å²) in [5, 5.41) is 13.4. The number of nitrogens with zero attached hydrogens (tertiary/aromatic N) is 3. The zero-order chi connectivity index (χ0) is 22.8. The predicted molar refractivity (Wildman–Crippen MR) is 142 cm³/mol. The number of nitrogens with two attached hydrogens (primary N) is 1. The van der Waals surface area contributed by atoms with Gasteiger partial charge in [0.1, 0.15) is 5.69 Å². The van der Waals surface area contributed by atoms with Crippen molar-refractivity contribution < 1.29 is 4.79 Å². The number of benzene rings is 3. The number of nitrogens with one attached hydrogen (secondary N) is 1. The molecule has 0 radical (unpaired) electrons. The minimum atomic E-state index is -0.223. The SMILES string of the molecule is Nc1ccc(-c2cccs2)cc1NC(=O)c1ccc(-c2cn(-c3ccc(I)cc3)nn2)cc1. The van der Waals surface area contributed by atoms with Crippen molar-refractivity contribution in [1.29, 1.82) is 0 Å². The Labute approximate surface area is 208 Å². The van der Waals surface area contributed by atoms with Crippen molar-refractivity contribution in [2.45, 2.75) is 0 Å². The Bertz CT molecular complexity index is 1410. The highest BCUT2D eigenvalue weighted by Crippen LogP contribution is 2.30. The Hall–Kier alpha value is -3.50. The number of hydrogen-bond acceptors (Lipinski definition) is 5. The summed E-state index contributed by atoms with van der Waals surface area (Å²) in [5.74, 6) is -0.223. The maximum absolute atomic E-state index is 12.8. The standard InChI is InChI=1S/C25H18IN5OS/c26-19-8-10-20(11-9-19)31-15-23(29-30-31)16-3-5-17(6-4-16)25(32)28-22-14-18(7-12-21(22)27)24-2-1-13-33-24/h1-15H,27H2,(H,28,32). The third kappa shape index (κ3) is 4.67.